The van der Waals surface area contributed by atoms with Crippen LogP contribution >= 0.6 is 0 Å². The van der Waals surface area contributed by atoms with Crippen molar-refractivity contribution < 1.29 is 28.7 Å². The van der Waals surface area contributed by atoms with Gasteiger partial charge in [-0.1, -0.05) is 18.2 Å². The smallest absolute Gasteiger partial charge is 0.337 e. The van der Waals surface area contributed by atoms with E-state index in [9.17, 15) is 19.2 Å². The molecule has 0 aliphatic rings. The number of esters is 2. The second kappa shape index (κ2) is 10.4. The van der Waals surface area contributed by atoms with Gasteiger partial charge >= 0.3 is 11.9 Å². The molecule has 2 N–H and O–H groups in total. The third-order valence-electron chi connectivity index (χ3n) is 3.72. The summed E-state index contributed by atoms with van der Waals surface area (Å²) in [6, 6.07) is 12.8. The zero-order valence-electron chi connectivity index (χ0n) is 15.9. The van der Waals surface area contributed by atoms with Gasteiger partial charge in [-0.3, -0.25) is 9.59 Å². The Balaban J connectivity index is 1.84. The van der Waals surface area contributed by atoms with Crippen LogP contribution in [-0.2, 0) is 19.1 Å². The van der Waals surface area contributed by atoms with Crippen LogP contribution in [0.25, 0.3) is 6.08 Å². The van der Waals surface area contributed by atoms with Gasteiger partial charge in [-0.25, -0.2) is 9.59 Å². The maximum atomic E-state index is 11.9. The lowest BCUT2D eigenvalue weighted by Crippen LogP contribution is -2.21. The Labute approximate surface area is 167 Å². The predicted molar refractivity (Wildman–Crippen MR) is 106 cm³/mol. The SMILES string of the molecule is CNC(=O)c1cccc(NC(=O)COC(=O)/C=C/c2ccc(C(=O)OC)cc2)c1. The zero-order valence-corrected chi connectivity index (χ0v) is 15.9. The molecule has 0 aliphatic heterocycles. The molecule has 2 aromatic carbocycles. The lowest BCUT2D eigenvalue weighted by atomic mass is 10.1. The van der Waals surface area contributed by atoms with Gasteiger partial charge in [0.15, 0.2) is 6.61 Å². The lowest BCUT2D eigenvalue weighted by Gasteiger charge is -2.07. The summed E-state index contributed by atoms with van der Waals surface area (Å²) in [5, 5.41) is 5.04. The molecule has 150 valence electrons. The van der Waals surface area contributed by atoms with Crippen LogP contribution in [0.4, 0.5) is 5.69 Å². The van der Waals surface area contributed by atoms with Gasteiger partial charge in [0.2, 0.25) is 0 Å². The van der Waals surface area contributed by atoms with Crippen LogP contribution in [0.2, 0.25) is 0 Å². The van der Waals surface area contributed by atoms with Crippen LogP contribution in [0, 0.1) is 0 Å². The molecule has 8 heteroatoms. The van der Waals surface area contributed by atoms with Crippen LogP contribution in [0.15, 0.2) is 54.6 Å². The fourth-order valence-corrected chi connectivity index (χ4v) is 2.28. The minimum Gasteiger partial charge on any atom is -0.465 e. The predicted octanol–water partition coefficient (Wildman–Crippen LogP) is 2.03. The molecule has 0 bridgehead atoms. The highest BCUT2D eigenvalue weighted by molar-refractivity contribution is 5.98. The Hall–Kier alpha value is -3.94. The summed E-state index contributed by atoms with van der Waals surface area (Å²) >= 11 is 0. The van der Waals surface area contributed by atoms with Gasteiger partial charge < -0.3 is 20.1 Å². The normalized spacial score (nSPS) is 10.3. The largest absolute Gasteiger partial charge is 0.465 e. The topological polar surface area (TPSA) is 111 Å². The number of ether oxygens (including phenoxy) is 2. The van der Waals surface area contributed by atoms with E-state index in [0.29, 0.717) is 22.4 Å². The number of carbonyl (C=O) groups is 4. The standard InChI is InChI=1S/C21H20N2O6/c1-22-20(26)16-4-3-5-17(12-16)23-18(24)13-29-19(25)11-8-14-6-9-15(10-7-14)21(27)28-2/h3-12H,13H2,1-2H3,(H,22,26)(H,23,24)/b11-8+. The summed E-state index contributed by atoms with van der Waals surface area (Å²) in [6.07, 6.45) is 2.67. The molecule has 2 rings (SSSR count). The highest BCUT2D eigenvalue weighted by atomic mass is 16.5. The molecule has 0 fully saturated rings. The van der Waals surface area contributed by atoms with Crippen molar-refractivity contribution in [3.8, 4) is 0 Å². The molecule has 0 saturated heterocycles. The molecule has 0 heterocycles. The van der Waals surface area contributed by atoms with E-state index in [1.54, 1.807) is 42.5 Å². The molecule has 0 unspecified atom stereocenters. The van der Waals surface area contributed by atoms with Crippen molar-refractivity contribution in [1.82, 2.24) is 5.32 Å². The molecule has 29 heavy (non-hydrogen) atoms. The average Bonchev–Trinajstić information content (AvgIpc) is 2.75. The van der Waals surface area contributed by atoms with Crippen molar-refractivity contribution in [2.45, 2.75) is 0 Å². The molecule has 0 saturated carbocycles. The molecule has 0 aliphatic carbocycles. The molecule has 2 amide bonds. The van der Waals surface area contributed by atoms with Gasteiger partial charge in [0.1, 0.15) is 0 Å². The van der Waals surface area contributed by atoms with Gasteiger partial charge in [-0.05, 0) is 42.0 Å². The number of amides is 2. The van der Waals surface area contributed by atoms with Crippen molar-refractivity contribution in [2.75, 3.05) is 26.1 Å². The number of hydrogen-bond donors (Lipinski definition) is 2. The summed E-state index contributed by atoms with van der Waals surface area (Å²) in [5.41, 5.74) is 1.87. The van der Waals surface area contributed by atoms with Gasteiger partial charge in [0.25, 0.3) is 11.8 Å². The second-order valence-electron chi connectivity index (χ2n) is 5.76. The first-order valence-electron chi connectivity index (χ1n) is 8.58. The van der Waals surface area contributed by atoms with E-state index >= 15 is 0 Å². The Morgan fingerprint density at radius 1 is 1.00 bits per heavy atom. The Morgan fingerprint density at radius 2 is 1.72 bits per heavy atom. The van der Waals surface area contributed by atoms with E-state index < -0.39 is 24.5 Å². The van der Waals surface area contributed by atoms with Crippen molar-refractivity contribution in [3.05, 3.63) is 71.3 Å². The molecule has 0 radical (unpaired) electrons. The Bertz CT molecular complexity index is 934. The minimum absolute atomic E-state index is 0.280. The molecular formula is C21H20N2O6. The molecule has 8 nitrogen and oxygen atoms in total. The minimum atomic E-state index is -0.698. The number of benzene rings is 2. The van der Waals surface area contributed by atoms with Crippen LogP contribution in [0.1, 0.15) is 26.3 Å². The highest BCUT2D eigenvalue weighted by Crippen LogP contribution is 2.11. The summed E-state index contributed by atoms with van der Waals surface area (Å²) in [6.45, 7) is -0.478. The molecule has 0 aromatic heterocycles. The van der Waals surface area contributed by atoms with Gasteiger partial charge in [-0.2, -0.15) is 0 Å². The summed E-state index contributed by atoms with van der Waals surface area (Å²) in [7, 11) is 2.80. The van der Waals surface area contributed by atoms with E-state index in [2.05, 4.69) is 15.4 Å². The Kier molecular flexibility index (Phi) is 7.67. The third kappa shape index (κ3) is 6.62. The summed E-state index contributed by atoms with van der Waals surface area (Å²) < 4.78 is 9.49. The van der Waals surface area contributed by atoms with E-state index in [4.69, 9.17) is 4.74 Å². The van der Waals surface area contributed by atoms with Crippen LogP contribution < -0.4 is 10.6 Å². The fourth-order valence-electron chi connectivity index (χ4n) is 2.28. The highest BCUT2D eigenvalue weighted by Gasteiger charge is 2.08. The average molecular weight is 396 g/mol. The van der Waals surface area contributed by atoms with Gasteiger partial charge in [0.05, 0.1) is 12.7 Å². The number of carbonyl (C=O) groups excluding carboxylic acids is 4. The van der Waals surface area contributed by atoms with Crippen molar-refractivity contribution >= 4 is 35.5 Å². The number of anilines is 1. The van der Waals surface area contributed by atoms with E-state index in [0.717, 1.165) is 0 Å². The van der Waals surface area contributed by atoms with E-state index in [1.807, 2.05) is 0 Å². The quantitative estimate of drug-likeness (QED) is 0.547. The molecule has 2 aromatic rings. The second-order valence-corrected chi connectivity index (χ2v) is 5.76. The lowest BCUT2D eigenvalue weighted by molar-refractivity contribution is -0.142. The molecule has 0 atom stereocenters. The number of hydrogen-bond acceptors (Lipinski definition) is 6. The third-order valence-corrected chi connectivity index (χ3v) is 3.72. The van der Waals surface area contributed by atoms with Crippen molar-refractivity contribution in [3.63, 3.8) is 0 Å². The first kappa shape index (κ1) is 21.4. The van der Waals surface area contributed by atoms with Crippen molar-refractivity contribution in [1.29, 1.82) is 0 Å². The molecular weight excluding hydrogens is 376 g/mol. The first-order valence-corrected chi connectivity index (χ1v) is 8.58. The maximum Gasteiger partial charge on any atom is 0.337 e. The van der Waals surface area contributed by atoms with Gasteiger partial charge in [0, 0.05) is 24.4 Å². The van der Waals surface area contributed by atoms with Crippen molar-refractivity contribution in [2.24, 2.45) is 0 Å². The number of rotatable bonds is 7. The van der Waals surface area contributed by atoms with Gasteiger partial charge in [-0.15, -0.1) is 0 Å². The van der Waals surface area contributed by atoms with Crippen LogP contribution in [0.3, 0.4) is 0 Å². The summed E-state index contributed by atoms with van der Waals surface area (Å²) in [5.74, 6) is -1.97. The number of methoxy groups -OCH3 is 1. The monoisotopic (exact) mass is 396 g/mol. The first-order chi connectivity index (χ1) is 13.9. The maximum absolute atomic E-state index is 11.9. The fraction of sp³-hybridized carbons (Fsp3) is 0.143. The van der Waals surface area contributed by atoms with E-state index in [1.165, 1.54) is 32.4 Å². The van der Waals surface area contributed by atoms with Crippen LogP contribution in [-0.4, -0.2) is 44.5 Å². The van der Waals surface area contributed by atoms with E-state index in [-0.39, 0.29) is 5.91 Å². The zero-order chi connectivity index (χ0) is 21.2. The molecule has 0 spiro atoms. The number of nitrogens with one attached hydrogen (secondary N) is 2. The summed E-state index contributed by atoms with van der Waals surface area (Å²) in [4.78, 5) is 46.6. The van der Waals surface area contributed by atoms with Crippen LogP contribution in [0.5, 0.6) is 0 Å². The Morgan fingerprint density at radius 3 is 2.38 bits per heavy atom.